The van der Waals surface area contributed by atoms with E-state index in [0.29, 0.717) is 24.3 Å². The van der Waals surface area contributed by atoms with Crippen LogP contribution in [0.4, 0.5) is 0 Å². The minimum atomic E-state index is -0.558. The van der Waals surface area contributed by atoms with E-state index in [4.69, 9.17) is 9.26 Å². The molecule has 28 heavy (non-hydrogen) atoms. The second kappa shape index (κ2) is 8.10. The summed E-state index contributed by atoms with van der Waals surface area (Å²) >= 11 is 0. The van der Waals surface area contributed by atoms with Crippen LogP contribution in [0.1, 0.15) is 44.2 Å². The number of methoxy groups -OCH3 is 1. The summed E-state index contributed by atoms with van der Waals surface area (Å²) < 4.78 is 10.6. The fraction of sp³-hybridized carbons (Fsp3) is 0.500. The average molecular weight is 386 g/mol. The van der Waals surface area contributed by atoms with E-state index < -0.39 is 6.04 Å². The van der Waals surface area contributed by atoms with E-state index in [-0.39, 0.29) is 35.5 Å². The number of Topliss-reactive ketones (excluding diaryl/α,β-unsaturated/α-hetero) is 1. The van der Waals surface area contributed by atoms with Gasteiger partial charge in [-0.1, -0.05) is 17.3 Å². The van der Waals surface area contributed by atoms with Gasteiger partial charge in [0.1, 0.15) is 5.75 Å². The van der Waals surface area contributed by atoms with Crippen LogP contribution in [-0.4, -0.2) is 58.5 Å². The second-order valence-corrected chi connectivity index (χ2v) is 7.84. The molecule has 8 nitrogen and oxygen atoms in total. The molecule has 3 rings (SSSR count). The lowest BCUT2D eigenvalue weighted by molar-refractivity contribution is -0.130. The van der Waals surface area contributed by atoms with Crippen molar-refractivity contribution >= 4 is 11.7 Å². The van der Waals surface area contributed by atoms with Crippen LogP contribution >= 0.6 is 0 Å². The fourth-order valence-corrected chi connectivity index (χ4v) is 3.18. The second-order valence-electron chi connectivity index (χ2n) is 7.84. The maximum atomic E-state index is 12.9. The molecule has 1 aromatic carbocycles. The highest BCUT2D eigenvalue weighted by atomic mass is 16.5. The van der Waals surface area contributed by atoms with Crippen molar-refractivity contribution < 1.29 is 18.8 Å². The van der Waals surface area contributed by atoms with Crippen molar-refractivity contribution in [2.45, 2.75) is 45.2 Å². The molecular formula is C20H26N4O4. The smallest absolute Gasteiger partial charge is 0.262 e. The molecule has 0 radical (unpaired) electrons. The summed E-state index contributed by atoms with van der Waals surface area (Å²) in [6, 6.07) is 6.66. The zero-order chi connectivity index (χ0) is 20.3. The number of hydrogen-bond acceptors (Lipinski definition) is 7. The van der Waals surface area contributed by atoms with Gasteiger partial charge in [0.25, 0.3) is 5.89 Å². The largest absolute Gasteiger partial charge is 0.496 e. The number of nitrogens with one attached hydrogen (secondary N) is 1. The van der Waals surface area contributed by atoms with Gasteiger partial charge >= 0.3 is 0 Å². The molecule has 1 aliphatic rings. The number of ketones is 1. The predicted molar refractivity (Wildman–Crippen MR) is 103 cm³/mol. The number of likely N-dealkylation sites (tertiary alicyclic amines) is 1. The van der Waals surface area contributed by atoms with E-state index in [1.165, 1.54) is 0 Å². The van der Waals surface area contributed by atoms with Crippen LogP contribution < -0.4 is 10.1 Å². The van der Waals surface area contributed by atoms with Gasteiger partial charge in [-0.05, 0) is 45.7 Å². The Balaban J connectivity index is 1.75. The lowest BCUT2D eigenvalue weighted by atomic mass is 10.1. The molecule has 2 heterocycles. The van der Waals surface area contributed by atoms with E-state index in [1.54, 1.807) is 24.1 Å². The third-order valence-electron chi connectivity index (χ3n) is 4.63. The summed E-state index contributed by atoms with van der Waals surface area (Å²) in [5.41, 5.74) is 0.442. The van der Waals surface area contributed by atoms with Gasteiger partial charge in [0.05, 0.1) is 25.3 Å². The summed E-state index contributed by atoms with van der Waals surface area (Å²) in [7, 11) is 1.55. The van der Waals surface area contributed by atoms with Crippen LogP contribution in [0.2, 0.25) is 0 Å². The number of carbonyl (C=O) groups is 2. The Bertz CT molecular complexity index is 856. The average Bonchev–Trinajstić information content (AvgIpc) is 3.34. The molecule has 0 aliphatic carbocycles. The van der Waals surface area contributed by atoms with Gasteiger partial charge in [-0.2, -0.15) is 4.98 Å². The lowest BCUT2D eigenvalue weighted by Crippen LogP contribution is -2.48. The van der Waals surface area contributed by atoms with Gasteiger partial charge in [0.2, 0.25) is 17.5 Å². The van der Waals surface area contributed by atoms with E-state index in [1.807, 2.05) is 32.9 Å². The molecule has 1 fully saturated rings. The maximum Gasteiger partial charge on any atom is 0.262 e. The molecular weight excluding hydrogens is 360 g/mol. The van der Waals surface area contributed by atoms with Gasteiger partial charge in [-0.3, -0.25) is 9.59 Å². The summed E-state index contributed by atoms with van der Waals surface area (Å²) in [5, 5.41) is 7.02. The highest BCUT2D eigenvalue weighted by Gasteiger charge is 2.36. The summed E-state index contributed by atoms with van der Waals surface area (Å²) in [6.45, 7) is 6.72. The lowest BCUT2D eigenvalue weighted by Gasteiger charge is -2.26. The normalized spacial score (nSPS) is 17.0. The highest BCUT2D eigenvalue weighted by molar-refractivity contribution is 5.99. The van der Waals surface area contributed by atoms with Crippen LogP contribution in [0, 0.1) is 0 Å². The quantitative estimate of drug-likeness (QED) is 0.761. The van der Waals surface area contributed by atoms with Crippen molar-refractivity contribution in [3.8, 4) is 17.2 Å². The number of para-hydroxylation sites is 1. The highest BCUT2D eigenvalue weighted by Crippen LogP contribution is 2.29. The molecule has 0 saturated carbocycles. The van der Waals surface area contributed by atoms with Crippen LogP contribution in [-0.2, 0) is 4.79 Å². The number of rotatable bonds is 6. The monoisotopic (exact) mass is 386 g/mol. The fourth-order valence-electron chi connectivity index (χ4n) is 3.18. The number of hydrogen-bond donors (Lipinski definition) is 1. The molecule has 1 unspecified atom stereocenters. The van der Waals surface area contributed by atoms with Crippen molar-refractivity contribution in [2.75, 3.05) is 20.2 Å². The molecule has 1 amide bonds. The van der Waals surface area contributed by atoms with Crippen molar-refractivity contribution in [3.05, 3.63) is 30.1 Å². The first-order valence-corrected chi connectivity index (χ1v) is 9.36. The number of carbonyl (C=O) groups excluding carboxylic acids is 2. The summed E-state index contributed by atoms with van der Waals surface area (Å²) in [6.07, 6.45) is 1.37. The molecule has 1 aliphatic heterocycles. The van der Waals surface area contributed by atoms with Gasteiger partial charge < -0.3 is 19.5 Å². The number of aromatic nitrogens is 2. The molecule has 1 N–H and O–H groups in total. The van der Waals surface area contributed by atoms with Crippen molar-refractivity contribution in [2.24, 2.45) is 0 Å². The Hall–Kier alpha value is -2.74. The van der Waals surface area contributed by atoms with Gasteiger partial charge in [-0.25, -0.2) is 0 Å². The predicted octanol–water partition coefficient (Wildman–Crippen LogP) is 2.31. The molecule has 0 bridgehead atoms. The standard InChI is InChI=1S/C20H26N4O4/c1-20(2,3)21-12-16(25)24-11-7-9-14(24)17(26)18-22-19(28-23-18)13-8-5-6-10-15(13)27-4/h5-6,8,10,14,21H,7,9,11-12H2,1-4H3. The van der Waals surface area contributed by atoms with Crippen molar-refractivity contribution in [1.29, 1.82) is 0 Å². The van der Waals surface area contributed by atoms with E-state index in [0.717, 1.165) is 6.42 Å². The number of benzene rings is 1. The summed E-state index contributed by atoms with van der Waals surface area (Å²) in [4.78, 5) is 31.4. The minimum absolute atomic E-state index is 0.0191. The Kier molecular flexibility index (Phi) is 5.79. The van der Waals surface area contributed by atoms with Gasteiger partial charge in [0, 0.05) is 12.1 Å². The molecule has 1 saturated heterocycles. The molecule has 1 atom stereocenters. The Morgan fingerprint density at radius 3 is 2.79 bits per heavy atom. The molecule has 1 aromatic heterocycles. The molecule has 150 valence electrons. The number of nitrogens with zero attached hydrogens (tertiary/aromatic N) is 3. The maximum absolute atomic E-state index is 12.9. The van der Waals surface area contributed by atoms with Crippen LogP contribution in [0.5, 0.6) is 5.75 Å². The van der Waals surface area contributed by atoms with Crippen LogP contribution in [0.25, 0.3) is 11.5 Å². The number of amides is 1. The third kappa shape index (κ3) is 4.39. The third-order valence-corrected chi connectivity index (χ3v) is 4.63. The zero-order valence-corrected chi connectivity index (χ0v) is 16.7. The molecule has 2 aromatic rings. The van der Waals surface area contributed by atoms with Gasteiger partial charge in [-0.15, -0.1) is 0 Å². The van der Waals surface area contributed by atoms with Crippen LogP contribution in [0.15, 0.2) is 28.8 Å². The minimum Gasteiger partial charge on any atom is -0.496 e. The number of ether oxygens (including phenoxy) is 1. The van der Waals surface area contributed by atoms with Gasteiger partial charge in [0.15, 0.2) is 0 Å². The van der Waals surface area contributed by atoms with Crippen molar-refractivity contribution in [3.63, 3.8) is 0 Å². The zero-order valence-electron chi connectivity index (χ0n) is 16.7. The van der Waals surface area contributed by atoms with E-state index >= 15 is 0 Å². The first-order chi connectivity index (χ1) is 13.3. The van der Waals surface area contributed by atoms with E-state index in [9.17, 15) is 9.59 Å². The topological polar surface area (TPSA) is 97.6 Å². The Labute approximate surface area is 164 Å². The molecule has 0 spiro atoms. The van der Waals surface area contributed by atoms with Crippen LogP contribution in [0.3, 0.4) is 0 Å². The van der Waals surface area contributed by atoms with Crippen molar-refractivity contribution in [1.82, 2.24) is 20.4 Å². The Morgan fingerprint density at radius 2 is 2.07 bits per heavy atom. The first-order valence-electron chi connectivity index (χ1n) is 9.36. The summed E-state index contributed by atoms with van der Waals surface area (Å²) in [5.74, 6) is 0.377. The SMILES string of the molecule is COc1ccccc1-c1nc(C(=O)C2CCCN2C(=O)CNC(C)(C)C)no1. The Morgan fingerprint density at radius 1 is 1.32 bits per heavy atom. The first kappa shape index (κ1) is 20.0. The van der Waals surface area contributed by atoms with E-state index in [2.05, 4.69) is 15.5 Å². The molecule has 8 heteroatoms.